The lowest BCUT2D eigenvalue weighted by atomic mass is 9.85. The number of halogens is 2. The molecule has 0 unspecified atom stereocenters. The summed E-state index contributed by atoms with van der Waals surface area (Å²) < 4.78 is 61.0. The van der Waals surface area contributed by atoms with Gasteiger partial charge in [0.1, 0.15) is 12.3 Å². The van der Waals surface area contributed by atoms with Crippen LogP contribution in [0.5, 0.6) is 5.75 Å². The van der Waals surface area contributed by atoms with E-state index in [0.717, 1.165) is 51.1 Å². The maximum Gasteiger partial charge on any atom is 0.410 e. The van der Waals surface area contributed by atoms with Crippen molar-refractivity contribution in [2.24, 2.45) is 5.92 Å². The molecule has 0 atom stereocenters. The second-order valence-electron chi connectivity index (χ2n) is 9.63. The summed E-state index contributed by atoms with van der Waals surface area (Å²) in [5, 5.41) is 0. The van der Waals surface area contributed by atoms with E-state index >= 15 is 0 Å². The van der Waals surface area contributed by atoms with Crippen molar-refractivity contribution in [2.45, 2.75) is 56.1 Å². The Morgan fingerprint density at radius 2 is 1.76 bits per heavy atom. The van der Waals surface area contributed by atoms with Crippen molar-refractivity contribution in [1.82, 2.24) is 9.80 Å². The monoisotopic (exact) mass is 488 g/mol. The molecule has 1 aromatic rings. The molecule has 0 N–H and O–H groups in total. The van der Waals surface area contributed by atoms with Crippen LogP contribution in [-0.4, -0.2) is 81.7 Å². The molecule has 1 aromatic carbocycles. The van der Waals surface area contributed by atoms with Crippen LogP contribution in [-0.2, 0) is 14.6 Å². The van der Waals surface area contributed by atoms with Crippen LogP contribution in [0.3, 0.4) is 0 Å². The fraction of sp³-hybridized carbons (Fsp3) is 0.696. The molecule has 1 heterocycles. The molecule has 0 spiro atoms. The Hall–Kier alpha value is -1.94. The summed E-state index contributed by atoms with van der Waals surface area (Å²) in [6.07, 6.45) is 4.50. The van der Waals surface area contributed by atoms with Crippen molar-refractivity contribution in [2.75, 3.05) is 45.7 Å². The fourth-order valence-corrected chi connectivity index (χ4v) is 4.94. The fourth-order valence-electron chi connectivity index (χ4n) is 4.31. The van der Waals surface area contributed by atoms with E-state index in [2.05, 4.69) is 4.90 Å². The first-order chi connectivity index (χ1) is 15.5. The SMILES string of the molecule is CC(C)(CF)OC(=O)N1CCN([C@H]2CC[C@H](COc3ccc(S(C)(=O)=O)cc3F)CC2)CC1. The van der Waals surface area contributed by atoms with E-state index in [1.54, 1.807) is 18.7 Å². The predicted molar refractivity (Wildman–Crippen MR) is 120 cm³/mol. The zero-order chi connectivity index (χ0) is 24.2. The highest BCUT2D eigenvalue weighted by Gasteiger charge is 2.32. The number of nitrogens with zero attached hydrogens (tertiary/aromatic N) is 2. The number of alkyl halides is 1. The molecule has 10 heteroatoms. The second-order valence-corrected chi connectivity index (χ2v) is 11.6. The van der Waals surface area contributed by atoms with Gasteiger partial charge in [-0.05, 0) is 63.6 Å². The Balaban J connectivity index is 1.41. The summed E-state index contributed by atoms with van der Waals surface area (Å²) in [7, 11) is -3.46. The average molecular weight is 489 g/mol. The third-order valence-electron chi connectivity index (χ3n) is 6.40. The van der Waals surface area contributed by atoms with Crippen molar-refractivity contribution in [3.63, 3.8) is 0 Å². The van der Waals surface area contributed by atoms with Crippen molar-refractivity contribution >= 4 is 15.9 Å². The first kappa shape index (κ1) is 25.7. The van der Waals surface area contributed by atoms with Crippen LogP contribution in [0.1, 0.15) is 39.5 Å². The molecular formula is C23H34F2N2O5S. The smallest absolute Gasteiger partial charge is 0.410 e. The van der Waals surface area contributed by atoms with E-state index in [1.165, 1.54) is 12.1 Å². The second kappa shape index (κ2) is 10.5. The number of rotatable bonds is 7. The molecule has 2 fully saturated rings. The summed E-state index contributed by atoms with van der Waals surface area (Å²) in [4.78, 5) is 16.2. The zero-order valence-electron chi connectivity index (χ0n) is 19.6. The summed E-state index contributed by atoms with van der Waals surface area (Å²) in [6, 6.07) is 4.16. The third-order valence-corrected chi connectivity index (χ3v) is 7.51. The molecule has 7 nitrogen and oxygen atoms in total. The average Bonchev–Trinajstić information content (AvgIpc) is 2.78. The van der Waals surface area contributed by atoms with Gasteiger partial charge in [-0.1, -0.05) is 0 Å². The minimum absolute atomic E-state index is 0.0626. The molecule has 1 saturated heterocycles. The van der Waals surface area contributed by atoms with Gasteiger partial charge in [0.05, 0.1) is 11.5 Å². The van der Waals surface area contributed by atoms with E-state index in [9.17, 15) is 22.0 Å². The number of carbonyl (C=O) groups is 1. The summed E-state index contributed by atoms with van der Waals surface area (Å²) in [6.45, 7) is 5.44. The quantitative estimate of drug-likeness (QED) is 0.583. The van der Waals surface area contributed by atoms with Crippen LogP contribution in [0, 0.1) is 11.7 Å². The number of ether oxygens (including phenoxy) is 2. The van der Waals surface area contributed by atoms with Crippen LogP contribution in [0.2, 0.25) is 0 Å². The van der Waals surface area contributed by atoms with Gasteiger partial charge in [0.15, 0.2) is 21.4 Å². The standard InChI is InChI=1S/C23H34F2N2O5S/c1-23(2,16-24)32-22(28)27-12-10-26(11-13-27)18-6-4-17(5-7-18)15-31-21-9-8-19(14-20(21)25)33(3,29)30/h8-9,14,17-18H,4-7,10-13,15-16H2,1-3H3/t17-,18-. The number of hydrogen-bond donors (Lipinski definition) is 0. The van der Waals surface area contributed by atoms with Crippen LogP contribution in [0.15, 0.2) is 23.1 Å². The van der Waals surface area contributed by atoms with Gasteiger partial charge in [0.25, 0.3) is 0 Å². The highest BCUT2D eigenvalue weighted by molar-refractivity contribution is 7.90. The lowest BCUT2D eigenvalue weighted by molar-refractivity contribution is -0.0129. The molecular weight excluding hydrogens is 454 g/mol. The number of piperazine rings is 1. The van der Waals surface area contributed by atoms with Gasteiger partial charge >= 0.3 is 6.09 Å². The number of sulfone groups is 1. The first-order valence-electron chi connectivity index (χ1n) is 11.4. The Bertz CT molecular complexity index is 925. The van der Waals surface area contributed by atoms with Crippen molar-refractivity contribution < 1.29 is 31.5 Å². The minimum atomic E-state index is -3.46. The largest absolute Gasteiger partial charge is 0.490 e. The maximum absolute atomic E-state index is 14.2. The van der Waals surface area contributed by atoms with Crippen molar-refractivity contribution in [3.05, 3.63) is 24.0 Å². The Morgan fingerprint density at radius 1 is 1.12 bits per heavy atom. The molecule has 1 aliphatic carbocycles. The minimum Gasteiger partial charge on any atom is -0.490 e. The summed E-state index contributed by atoms with van der Waals surface area (Å²) in [5.74, 6) is -0.282. The number of amides is 1. The highest BCUT2D eigenvalue weighted by atomic mass is 32.2. The van der Waals surface area contributed by atoms with Gasteiger partial charge in [-0.25, -0.2) is 22.0 Å². The van der Waals surface area contributed by atoms with Gasteiger partial charge in [-0.15, -0.1) is 0 Å². The number of carbonyl (C=O) groups excluding carboxylic acids is 1. The number of hydrogen-bond acceptors (Lipinski definition) is 6. The normalized spacial score (nSPS) is 22.8. The molecule has 3 rings (SSSR count). The number of benzene rings is 1. The Labute approximate surface area is 194 Å². The lowest BCUT2D eigenvalue weighted by Gasteiger charge is -2.42. The molecule has 1 amide bonds. The molecule has 33 heavy (non-hydrogen) atoms. The van der Waals surface area contributed by atoms with Gasteiger partial charge in [0, 0.05) is 38.5 Å². The Morgan fingerprint density at radius 3 is 2.30 bits per heavy atom. The van der Waals surface area contributed by atoms with Crippen molar-refractivity contribution in [1.29, 1.82) is 0 Å². The highest BCUT2D eigenvalue weighted by Crippen LogP contribution is 2.30. The lowest BCUT2D eigenvalue weighted by Crippen LogP contribution is -2.53. The molecule has 1 aliphatic heterocycles. The maximum atomic E-state index is 14.2. The molecule has 2 aliphatic rings. The molecule has 186 valence electrons. The molecule has 0 bridgehead atoms. The van der Waals surface area contributed by atoms with E-state index < -0.39 is 34.0 Å². The van der Waals surface area contributed by atoms with Crippen molar-refractivity contribution in [3.8, 4) is 5.75 Å². The van der Waals surface area contributed by atoms with Crippen LogP contribution in [0.4, 0.5) is 13.6 Å². The summed E-state index contributed by atoms with van der Waals surface area (Å²) >= 11 is 0. The van der Waals surface area contributed by atoms with Gasteiger partial charge in [-0.2, -0.15) is 0 Å². The van der Waals surface area contributed by atoms with E-state index in [-0.39, 0.29) is 10.6 Å². The molecule has 1 saturated carbocycles. The van der Waals surface area contributed by atoms with Crippen LogP contribution >= 0.6 is 0 Å². The van der Waals surface area contributed by atoms with E-state index in [4.69, 9.17) is 9.47 Å². The molecule has 0 radical (unpaired) electrons. The third kappa shape index (κ3) is 7.02. The topological polar surface area (TPSA) is 76.2 Å². The predicted octanol–water partition coefficient (Wildman–Crippen LogP) is 3.67. The van der Waals surface area contributed by atoms with Crippen LogP contribution in [0.25, 0.3) is 0 Å². The first-order valence-corrected chi connectivity index (χ1v) is 13.3. The zero-order valence-corrected chi connectivity index (χ0v) is 20.4. The molecule has 0 aromatic heterocycles. The van der Waals surface area contributed by atoms with Crippen LogP contribution < -0.4 is 4.74 Å². The van der Waals surface area contributed by atoms with Gasteiger partial charge in [-0.3, -0.25) is 4.90 Å². The van der Waals surface area contributed by atoms with Gasteiger partial charge < -0.3 is 14.4 Å². The summed E-state index contributed by atoms with van der Waals surface area (Å²) in [5.41, 5.74) is -1.10. The Kier molecular flexibility index (Phi) is 8.21. The van der Waals surface area contributed by atoms with E-state index in [1.807, 2.05) is 0 Å². The van der Waals surface area contributed by atoms with E-state index in [0.29, 0.717) is 31.7 Å². The van der Waals surface area contributed by atoms with Gasteiger partial charge in [0.2, 0.25) is 0 Å².